The average molecular weight is 349 g/mol. The maximum atomic E-state index is 12.9. The minimum absolute atomic E-state index is 0.103. The van der Waals surface area contributed by atoms with Crippen LogP contribution in [0.25, 0.3) is 6.08 Å². The van der Waals surface area contributed by atoms with Crippen LogP contribution in [-0.4, -0.2) is 32.8 Å². The molecule has 5 nitrogen and oxygen atoms in total. The van der Waals surface area contributed by atoms with Crippen molar-refractivity contribution in [2.75, 3.05) is 11.4 Å². The number of alkyl halides is 3. The van der Waals surface area contributed by atoms with Gasteiger partial charge in [0, 0.05) is 31.8 Å². The van der Waals surface area contributed by atoms with Crippen molar-refractivity contribution in [3.63, 3.8) is 0 Å². The Kier molecular flexibility index (Phi) is 3.15. The summed E-state index contributed by atoms with van der Waals surface area (Å²) in [4.78, 5) is 14.5. The zero-order valence-electron chi connectivity index (χ0n) is 13.2. The number of carbonyl (C=O) groups is 1. The highest BCUT2D eigenvalue weighted by molar-refractivity contribution is 6.11. The normalized spacial score (nSPS) is 22.7. The standard InChI is InChI=1S/C17H14F3N3O2/c1-22-9-12(8-21-22)23-5-4-16(25)14(23)6-10-2-3-11(17(18,19)20)7-13(10)15(16)24/h2-3,6-9,25H,4-5H2,1H3/t16-/m0/s1. The molecule has 1 N–H and O–H groups in total. The van der Waals surface area contributed by atoms with Gasteiger partial charge in [0.05, 0.1) is 23.1 Å². The lowest BCUT2D eigenvalue weighted by Crippen LogP contribution is -2.42. The molecule has 0 amide bonds. The molecule has 8 heteroatoms. The first-order valence-electron chi connectivity index (χ1n) is 7.67. The molecule has 0 radical (unpaired) electrons. The van der Waals surface area contributed by atoms with Gasteiger partial charge in [-0.2, -0.15) is 18.3 Å². The van der Waals surface area contributed by atoms with E-state index in [1.165, 1.54) is 6.07 Å². The summed E-state index contributed by atoms with van der Waals surface area (Å²) >= 11 is 0. The highest BCUT2D eigenvalue weighted by atomic mass is 19.4. The van der Waals surface area contributed by atoms with Gasteiger partial charge in [-0.25, -0.2) is 0 Å². The van der Waals surface area contributed by atoms with Gasteiger partial charge < -0.3 is 10.0 Å². The summed E-state index contributed by atoms with van der Waals surface area (Å²) in [6, 6.07) is 3.02. The number of ketones is 1. The van der Waals surface area contributed by atoms with E-state index >= 15 is 0 Å². The number of halogens is 3. The molecule has 2 aromatic rings. The van der Waals surface area contributed by atoms with Crippen LogP contribution in [0.4, 0.5) is 18.9 Å². The van der Waals surface area contributed by atoms with Crippen molar-refractivity contribution < 1.29 is 23.1 Å². The van der Waals surface area contributed by atoms with E-state index in [1.807, 2.05) is 0 Å². The Balaban J connectivity index is 1.84. The van der Waals surface area contributed by atoms with Crippen LogP contribution in [0.5, 0.6) is 0 Å². The minimum atomic E-state index is -4.54. The Morgan fingerprint density at radius 2 is 2.08 bits per heavy atom. The fourth-order valence-corrected chi connectivity index (χ4v) is 3.41. The zero-order chi connectivity index (χ0) is 18.0. The summed E-state index contributed by atoms with van der Waals surface area (Å²) in [5.41, 5.74) is -1.36. The van der Waals surface area contributed by atoms with E-state index in [9.17, 15) is 23.1 Å². The summed E-state index contributed by atoms with van der Waals surface area (Å²) in [6.07, 6.45) is 0.511. The molecule has 0 saturated carbocycles. The highest BCUT2D eigenvalue weighted by Crippen LogP contribution is 2.44. The summed E-state index contributed by atoms with van der Waals surface area (Å²) in [7, 11) is 1.75. The minimum Gasteiger partial charge on any atom is -0.375 e. The van der Waals surface area contributed by atoms with E-state index in [0.29, 0.717) is 23.5 Å². The van der Waals surface area contributed by atoms with Crippen molar-refractivity contribution in [1.82, 2.24) is 9.78 Å². The number of aryl methyl sites for hydroxylation is 1. The van der Waals surface area contributed by atoms with E-state index in [4.69, 9.17) is 0 Å². The second-order valence-corrected chi connectivity index (χ2v) is 6.29. The van der Waals surface area contributed by atoms with Gasteiger partial charge in [0.1, 0.15) is 0 Å². The molecule has 1 aromatic heterocycles. The fourth-order valence-electron chi connectivity index (χ4n) is 3.41. The van der Waals surface area contributed by atoms with Crippen LogP contribution in [0.1, 0.15) is 27.9 Å². The third-order valence-corrected chi connectivity index (χ3v) is 4.71. The van der Waals surface area contributed by atoms with Gasteiger partial charge in [0.15, 0.2) is 5.60 Å². The quantitative estimate of drug-likeness (QED) is 0.860. The first-order chi connectivity index (χ1) is 11.7. The van der Waals surface area contributed by atoms with E-state index in [0.717, 1.165) is 12.1 Å². The molecular formula is C17H14F3N3O2. The number of benzene rings is 1. The number of carbonyl (C=O) groups excluding carboxylic acids is 1. The summed E-state index contributed by atoms with van der Waals surface area (Å²) < 4.78 is 40.4. The molecule has 25 heavy (non-hydrogen) atoms. The molecule has 1 aliphatic carbocycles. The second-order valence-electron chi connectivity index (χ2n) is 6.29. The highest BCUT2D eigenvalue weighted by Gasteiger charge is 2.51. The molecule has 1 aromatic carbocycles. The first-order valence-corrected chi connectivity index (χ1v) is 7.67. The molecule has 1 fully saturated rings. The van der Waals surface area contributed by atoms with E-state index < -0.39 is 23.1 Å². The fraction of sp³-hybridized carbons (Fsp3) is 0.294. The van der Waals surface area contributed by atoms with Crippen molar-refractivity contribution >= 4 is 17.5 Å². The monoisotopic (exact) mass is 349 g/mol. The number of Topliss-reactive ketones (excluding diaryl/α,β-unsaturated/α-hetero) is 1. The lowest BCUT2D eigenvalue weighted by Gasteiger charge is -2.31. The van der Waals surface area contributed by atoms with Gasteiger partial charge in [-0.15, -0.1) is 0 Å². The summed E-state index contributed by atoms with van der Waals surface area (Å²) in [5.74, 6) is -0.697. The van der Waals surface area contributed by atoms with Crippen LogP contribution >= 0.6 is 0 Å². The third-order valence-electron chi connectivity index (χ3n) is 4.71. The van der Waals surface area contributed by atoms with Gasteiger partial charge in [-0.1, -0.05) is 6.07 Å². The number of nitrogens with zero attached hydrogens (tertiary/aromatic N) is 3. The molecule has 1 aliphatic heterocycles. The maximum absolute atomic E-state index is 12.9. The average Bonchev–Trinajstić information content (AvgIpc) is 3.11. The smallest absolute Gasteiger partial charge is 0.375 e. The van der Waals surface area contributed by atoms with Gasteiger partial charge in [-0.3, -0.25) is 9.48 Å². The van der Waals surface area contributed by atoms with Crippen molar-refractivity contribution in [3.05, 3.63) is 53.0 Å². The van der Waals surface area contributed by atoms with Gasteiger partial charge in [-0.05, 0) is 23.8 Å². The van der Waals surface area contributed by atoms with Crippen LogP contribution in [0, 0.1) is 0 Å². The molecular weight excluding hydrogens is 335 g/mol. The van der Waals surface area contributed by atoms with Crippen LogP contribution < -0.4 is 4.90 Å². The van der Waals surface area contributed by atoms with Crippen LogP contribution in [0.2, 0.25) is 0 Å². The molecule has 4 rings (SSSR count). The van der Waals surface area contributed by atoms with Crippen LogP contribution in [0.15, 0.2) is 36.3 Å². The molecule has 2 heterocycles. The molecule has 130 valence electrons. The molecule has 0 spiro atoms. The molecule has 2 aliphatic rings. The number of hydrogen-bond acceptors (Lipinski definition) is 4. The summed E-state index contributed by atoms with van der Waals surface area (Å²) in [5, 5.41) is 15.0. The Bertz CT molecular complexity index is 916. The number of anilines is 1. The van der Waals surface area contributed by atoms with Crippen LogP contribution in [0.3, 0.4) is 0 Å². The maximum Gasteiger partial charge on any atom is 0.416 e. The summed E-state index contributed by atoms with van der Waals surface area (Å²) in [6.45, 7) is 0.375. The Labute approximate surface area is 141 Å². The van der Waals surface area contributed by atoms with Crippen molar-refractivity contribution in [1.29, 1.82) is 0 Å². The number of fused-ring (bicyclic) bond motifs is 2. The van der Waals surface area contributed by atoms with E-state index in [2.05, 4.69) is 5.10 Å². The van der Waals surface area contributed by atoms with Crippen molar-refractivity contribution in [2.45, 2.75) is 18.2 Å². The van der Waals surface area contributed by atoms with E-state index in [1.54, 1.807) is 35.1 Å². The Hall–Kier alpha value is -2.61. The largest absolute Gasteiger partial charge is 0.416 e. The Morgan fingerprint density at radius 1 is 1.32 bits per heavy atom. The van der Waals surface area contributed by atoms with Gasteiger partial charge in [0.2, 0.25) is 5.78 Å². The molecule has 1 saturated heterocycles. The van der Waals surface area contributed by atoms with Crippen LogP contribution in [-0.2, 0) is 13.2 Å². The SMILES string of the molecule is Cn1cc(N2CC[C@@]3(O)C(=O)c4cc(C(F)(F)F)ccc4C=C23)cn1. The first kappa shape index (κ1) is 15.9. The zero-order valence-corrected chi connectivity index (χ0v) is 13.2. The molecule has 1 atom stereocenters. The molecule has 0 bridgehead atoms. The second kappa shape index (κ2) is 4.95. The predicted octanol–water partition coefficient (Wildman–Crippen LogP) is 2.62. The van der Waals surface area contributed by atoms with Gasteiger partial charge in [0.25, 0.3) is 0 Å². The third kappa shape index (κ3) is 2.28. The number of aromatic nitrogens is 2. The lowest BCUT2D eigenvalue weighted by atomic mass is 9.81. The number of aliphatic hydroxyl groups is 1. The Morgan fingerprint density at radius 3 is 2.72 bits per heavy atom. The van der Waals surface area contributed by atoms with Crippen molar-refractivity contribution in [2.24, 2.45) is 7.05 Å². The molecule has 0 unspecified atom stereocenters. The predicted molar refractivity (Wildman–Crippen MR) is 83.9 cm³/mol. The van der Waals surface area contributed by atoms with E-state index in [-0.39, 0.29) is 12.0 Å². The van der Waals surface area contributed by atoms with Crippen molar-refractivity contribution in [3.8, 4) is 0 Å². The number of rotatable bonds is 1. The number of hydrogen-bond donors (Lipinski definition) is 1. The topological polar surface area (TPSA) is 58.4 Å². The lowest BCUT2D eigenvalue weighted by molar-refractivity contribution is -0.137. The van der Waals surface area contributed by atoms with Gasteiger partial charge >= 0.3 is 6.18 Å².